The molecule has 120 valence electrons. The molecule has 1 heterocycles. The van der Waals surface area contributed by atoms with Crippen molar-refractivity contribution < 1.29 is 8.42 Å². The van der Waals surface area contributed by atoms with Gasteiger partial charge in [0.25, 0.3) is 10.2 Å². The van der Waals surface area contributed by atoms with E-state index in [1.54, 1.807) is 11.4 Å². The third-order valence-electron chi connectivity index (χ3n) is 4.10. The fourth-order valence-corrected chi connectivity index (χ4v) is 4.05. The first-order valence-electron chi connectivity index (χ1n) is 7.51. The summed E-state index contributed by atoms with van der Waals surface area (Å²) in [6.45, 7) is 9.23. The normalized spacial score (nSPS) is 20.8. The maximum Gasteiger partial charge on any atom is 0.282 e. The zero-order valence-electron chi connectivity index (χ0n) is 13.2. The van der Waals surface area contributed by atoms with Crippen LogP contribution in [0.3, 0.4) is 0 Å². The Bertz CT molecular complexity index is 378. The van der Waals surface area contributed by atoms with Gasteiger partial charge in [0.15, 0.2) is 0 Å². The summed E-state index contributed by atoms with van der Waals surface area (Å²) < 4.78 is 27.8. The maximum atomic E-state index is 12.4. The van der Waals surface area contributed by atoms with Gasteiger partial charge < -0.3 is 5.73 Å². The Hall–Kier alpha value is -0.210. The number of nitrogens with two attached hydrogens (primary N) is 1. The van der Waals surface area contributed by atoms with E-state index in [-0.39, 0.29) is 6.04 Å². The number of rotatable bonds is 7. The van der Waals surface area contributed by atoms with Crippen LogP contribution < -0.4 is 5.73 Å². The van der Waals surface area contributed by atoms with Gasteiger partial charge in [0.1, 0.15) is 0 Å². The van der Waals surface area contributed by atoms with Crippen molar-refractivity contribution >= 4 is 10.2 Å². The van der Waals surface area contributed by atoms with Crippen molar-refractivity contribution in [3.63, 3.8) is 0 Å². The molecule has 0 saturated carbocycles. The minimum Gasteiger partial charge on any atom is -0.329 e. The van der Waals surface area contributed by atoms with Gasteiger partial charge >= 0.3 is 0 Å². The summed E-state index contributed by atoms with van der Waals surface area (Å²) in [6, 6.07) is 0.364. The van der Waals surface area contributed by atoms with Crippen LogP contribution in [0.1, 0.15) is 33.6 Å². The molecule has 0 aromatic heterocycles. The van der Waals surface area contributed by atoms with Crippen LogP contribution in [0, 0.1) is 0 Å². The van der Waals surface area contributed by atoms with Gasteiger partial charge in [-0.3, -0.25) is 4.90 Å². The molecule has 0 amide bonds. The Morgan fingerprint density at radius 1 is 1.20 bits per heavy atom. The molecule has 0 aliphatic carbocycles. The molecule has 0 radical (unpaired) electrons. The summed E-state index contributed by atoms with van der Waals surface area (Å²) >= 11 is 0. The average molecular weight is 306 g/mol. The van der Waals surface area contributed by atoms with Crippen LogP contribution in [0.25, 0.3) is 0 Å². The van der Waals surface area contributed by atoms with Crippen LogP contribution in [-0.4, -0.2) is 73.8 Å². The van der Waals surface area contributed by atoms with E-state index >= 15 is 0 Å². The van der Waals surface area contributed by atoms with Crippen molar-refractivity contribution in [2.75, 3.05) is 39.8 Å². The molecule has 1 unspecified atom stereocenters. The van der Waals surface area contributed by atoms with Crippen molar-refractivity contribution in [2.24, 2.45) is 5.73 Å². The second kappa shape index (κ2) is 7.70. The summed E-state index contributed by atoms with van der Waals surface area (Å²) in [6.07, 6.45) is 2.19. The van der Waals surface area contributed by atoms with Crippen molar-refractivity contribution in [3.05, 3.63) is 0 Å². The second-order valence-corrected chi connectivity index (χ2v) is 7.72. The largest absolute Gasteiger partial charge is 0.329 e. The molecule has 0 spiro atoms. The van der Waals surface area contributed by atoms with Gasteiger partial charge in [-0.05, 0) is 20.3 Å². The van der Waals surface area contributed by atoms with Crippen LogP contribution in [0.4, 0.5) is 0 Å². The van der Waals surface area contributed by atoms with Crippen LogP contribution in [0.15, 0.2) is 0 Å². The molecule has 2 N–H and O–H groups in total. The summed E-state index contributed by atoms with van der Waals surface area (Å²) in [5.41, 5.74) is 5.82. The molecule has 0 bridgehead atoms. The van der Waals surface area contributed by atoms with E-state index in [0.717, 1.165) is 25.9 Å². The fourth-order valence-electron chi connectivity index (χ4n) is 2.53. The molecule has 1 aliphatic heterocycles. The van der Waals surface area contributed by atoms with E-state index in [9.17, 15) is 8.42 Å². The molecule has 0 aromatic rings. The molecule has 1 aliphatic rings. The molecule has 1 rings (SSSR count). The van der Waals surface area contributed by atoms with Gasteiger partial charge in [0, 0.05) is 51.9 Å². The lowest BCUT2D eigenvalue weighted by Crippen LogP contribution is -2.56. The van der Waals surface area contributed by atoms with Gasteiger partial charge in [0.05, 0.1) is 0 Å². The van der Waals surface area contributed by atoms with Crippen molar-refractivity contribution in [2.45, 2.75) is 45.7 Å². The SMILES string of the molecule is CCCC(CN)N1CCN(S(=O)(=O)N(C)C(C)C)CC1. The van der Waals surface area contributed by atoms with Crippen molar-refractivity contribution in [3.8, 4) is 0 Å². The highest BCUT2D eigenvalue weighted by Gasteiger charge is 2.32. The molecule has 0 aromatic carbocycles. The zero-order valence-corrected chi connectivity index (χ0v) is 14.1. The first-order chi connectivity index (χ1) is 9.34. The van der Waals surface area contributed by atoms with Crippen molar-refractivity contribution in [1.82, 2.24) is 13.5 Å². The first kappa shape index (κ1) is 17.8. The molecule has 20 heavy (non-hydrogen) atoms. The Morgan fingerprint density at radius 2 is 1.75 bits per heavy atom. The van der Waals surface area contributed by atoms with Gasteiger partial charge in [-0.25, -0.2) is 0 Å². The highest BCUT2D eigenvalue weighted by atomic mass is 32.2. The molecule has 1 saturated heterocycles. The maximum absolute atomic E-state index is 12.4. The monoisotopic (exact) mass is 306 g/mol. The topological polar surface area (TPSA) is 69.9 Å². The minimum absolute atomic E-state index is 0.0186. The van der Waals surface area contributed by atoms with E-state index in [2.05, 4.69) is 11.8 Å². The number of nitrogens with zero attached hydrogens (tertiary/aromatic N) is 3. The Labute approximate surface area is 124 Å². The summed E-state index contributed by atoms with van der Waals surface area (Å²) in [5, 5.41) is 0. The van der Waals surface area contributed by atoms with Gasteiger partial charge in [-0.2, -0.15) is 17.0 Å². The predicted molar refractivity (Wildman–Crippen MR) is 82.7 cm³/mol. The predicted octanol–water partition coefficient (Wildman–Crippen LogP) is 0.316. The standard InChI is InChI=1S/C13H30N4O2S/c1-5-6-13(11-14)16-7-9-17(10-8-16)20(18,19)15(4)12(2)3/h12-13H,5-11,14H2,1-4H3. The molecule has 1 fully saturated rings. The Morgan fingerprint density at radius 3 is 2.15 bits per heavy atom. The first-order valence-corrected chi connectivity index (χ1v) is 8.91. The van der Waals surface area contributed by atoms with E-state index in [1.165, 1.54) is 4.31 Å². The Kier molecular flexibility index (Phi) is 6.87. The lowest BCUT2D eigenvalue weighted by atomic mass is 10.1. The second-order valence-electron chi connectivity index (χ2n) is 5.73. The van der Waals surface area contributed by atoms with Crippen LogP contribution >= 0.6 is 0 Å². The summed E-state index contributed by atoms with van der Waals surface area (Å²) in [7, 11) is -1.68. The number of piperazine rings is 1. The van der Waals surface area contributed by atoms with Crippen molar-refractivity contribution in [1.29, 1.82) is 0 Å². The van der Waals surface area contributed by atoms with Crippen LogP contribution in [0.5, 0.6) is 0 Å². The highest BCUT2D eigenvalue weighted by molar-refractivity contribution is 7.86. The van der Waals surface area contributed by atoms with Crippen LogP contribution in [-0.2, 0) is 10.2 Å². The third-order valence-corrected chi connectivity index (χ3v) is 6.27. The minimum atomic E-state index is -3.32. The Balaban J connectivity index is 2.62. The van der Waals surface area contributed by atoms with E-state index in [1.807, 2.05) is 13.8 Å². The molecule has 6 nitrogen and oxygen atoms in total. The lowest BCUT2D eigenvalue weighted by Gasteiger charge is -2.39. The van der Waals surface area contributed by atoms with Gasteiger partial charge in [-0.15, -0.1) is 0 Å². The summed E-state index contributed by atoms with van der Waals surface area (Å²) in [5.74, 6) is 0. The quantitative estimate of drug-likeness (QED) is 0.735. The molecular formula is C13H30N4O2S. The zero-order chi connectivity index (χ0) is 15.3. The molecule has 1 atom stereocenters. The van der Waals surface area contributed by atoms with E-state index in [4.69, 9.17) is 5.73 Å². The number of hydrogen-bond donors (Lipinski definition) is 1. The summed E-state index contributed by atoms with van der Waals surface area (Å²) in [4.78, 5) is 2.32. The molecular weight excluding hydrogens is 276 g/mol. The third kappa shape index (κ3) is 4.14. The van der Waals surface area contributed by atoms with E-state index in [0.29, 0.717) is 25.7 Å². The van der Waals surface area contributed by atoms with Gasteiger partial charge in [0.2, 0.25) is 0 Å². The van der Waals surface area contributed by atoms with Crippen LogP contribution in [0.2, 0.25) is 0 Å². The lowest BCUT2D eigenvalue weighted by molar-refractivity contribution is 0.130. The number of hydrogen-bond acceptors (Lipinski definition) is 4. The average Bonchev–Trinajstić information content (AvgIpc) is 2.43. The highest BCUT2D eigenvalue weighted by Crippen LogP contribution is 2.16. The smallest absolute Gasteiger partial charge is 0.282 e. The molecule has 7 heteroatoms. The van der Waals surface area contributed by atoms with Gasteiger partial charge in [-0.1, -0.05) is 13.3 Å². The van der Waals surface area contributed by atoms with E-state index < -0.39 is 10.2 Å². The fraction of sp³-hybridized carbons (Fsp3) is 1.00.